The summed E-state index contributed by atoms with van der Waals surface area (Å²) in [5.74, 6) is 0. The zero-order chi connectivity index (χ0) is 16.3. The van der Waals surface area contributed by atoms with Crippen LogP contribution in [0, 0.1) is 0 Å². The van der Waals surface area contributed by atoms with Crippen LogP contribution in [-0.4, -0.2) is 44.0 Å². The number of thiazole rings is 1. The lowest BCUT2D eigenvalue weighted by atomic mass is 10.3. The van der Waals surface area contributed by atoms with Crippen molar-refractivity contribution in [3.05, 3.63) is 39.8 Å². The molecule has 1 aliphatic rings. The number of anilines is 1. The first-order chi connectivity index (χ1) is 11.1. The molecule has 3 rings (SSSR count). The van der Waals surface area contributed by atoms with Crippen molar-refractivity contribution in [2.75, 3.05) is 31.6 Å². The fourth-order valence-electron chi connectivity index (χ4n) is 2.31. The van der Waals surface area contributed by atoms with Crippen LogP contribution < -0.4 is 5.32 Å². The summed E-state index contributed by atoms with van der Waals surface area (Å²) < 4.78 is 32.8. The fraction of sp³-hybridized carbons (Fsp3) is 0.357. The van der Waals surface area contributed by atoms with Crippen LogP contribution in [0.3, 0.4) is 0 Å². The molecule has 1 fully saturated rings. The molecule has 124 valence electrons. The molecule has 1 saturated heterocycles. The van der Waals surface area contributed by atoms with Crippen LogP contribution in [0.5, 0.6) is 0 Å². The maximum absolute atomic E-state index is 12.8. The van der Waals surface area contributed by atoms with Gasteiger partial charge in [0.2, 0.25) is 10.0 Å². The number of sulfonamides is 1. The number of benzene rings is 1. The van der Waals surface area contributed by atoms with E-state index in [-0.39, 0.29) is 4.90 Å². The Morgan fingerprint density at radius 1 is 1.30 bits per heavy atom. The molecule has 0 radical (unpaired) electrons. The highest BCUT2D eigenvalue weighted by Gasteiger charge is 2.28. The fourth-order valence-corrected chi connectivity index (χ4v) is 4.81. The third-order valence-corrected chi connectivity index (χ3v) is 6.52. The van der Waals surface area contributed by atoms with E-state index in [1.165, 1.54) is 15.6 Å². The standard InChI is InChI=1S/C14H16ClN3O3S2/c15-14-17-10-11(22-14)9-16-12-3-1-2-4-13(12)23(19,20)18-5-7-21-8-6-18/h1-4,10,16H,5-9H2. The first-order valence-electron chi connectivity index (χ1n) is 7.08. The number of nitrogens with one attached hydrogen (secondary N) is 1. The minimum atomic E-state index is -3.54. The first kappa shape index (κ1) is 16.7. The van der Waals surface area contributed by atoms with Crippen LogP contribution in [0.2, 0.25) is 4.47 Å². The summed E-state index contributed by atoms with van der Waals surface area (Å²) in [7, 11) is -3.54. The largest absolute Gasteiger partial charge is 0.379 e. The molecule has 0 unspecified atom stereocenters. The lowest BCUT2D eigenvalue weighted by Crippen LogP contribution is -2.40. The topological polar surface area (TPSA) is 71.5 Å². The van der Waals surface area contributed by atoms with Crippen molar-refractivity contribution >= 4 is 38.6 Å². The van der Waals surface area contributed by atoms with Gasteiger partial charge in [-0.15, -0.1) is 11.3 Å². The predicted octanol–water partition coefficient (Wildman–Crippen LogP) is 2.43. The van der Waals surface area contributed by atoms with Gasteiger partial charge in [-0.3, -0.25) is 0 Å². The van der Waals surface area contributed by atoms with Crippen LogP contribution in [-0.2, 0) is 21.3 Å². The first-order valence-corrected chi connectivity index (χ1v) is 9.72. The maximum atomic E-state index is 12.8. The summed E-state index contributed by atoms with van der Waals surface area (Å²) in [6.45, 7) is 2.07. The van der Waals surface area contributed by atoms with Crippen LogP contribution in [0.15, 0.2) is 35.4 Å². The molecule has 9 heteroatoms. The van der Waals surface area contributed by atoms with Gasteiger partial charge in [0.05, 0.1) is 25.4 Å². The number of halogens is 1. The number of hydrogen-bond donors (Lipinski definition) is 1. The number of hydrogen-bond acceptors (Lipinski definition) is 6. The molecule has 2 aromatic rings. The molecule has 0 saturated carbocycles. The molecule has 0 aliphatic carbocycles. The van der Waals surface area contributed by atoms with Gasteiger partial charge in [-0.25, -0.2) is 13.4 Å². The molecule has 1 aromatic carbocycles. The van der Waals surface area contributed by atoms with E-state index >= 15 is 0 Å². The number of aromatic nitrogens is 1. The van der Waals surface area contributed by atoms with Gasteiger partial charge in [-0.1, -0.05) is 23.7 Å². The molecule has 23 heavy (non-hydrogen) atoms. The van der Waals surface area contributed by atoms with Crippen LogP contribution >= 0.6 is 22.9 Å². The Kier molecular flexibility index (Phi) is 5.17. The van der Waals surface area contributed by atoms with Gasteiger partial charge in [-0.2, -0.15) is 4.31 Å². The number of ether oxygens (including phenoxy) is 1. The summed E-state index contributed by atoms with van der Waals surface area (Å²) in [5.41, 5.74) is 0.573. The van der Waals surface area contributed by atoms with Gasteiger partial charge < -0.3 is 10.1 Å². The van der Waals surface area contributed by atoms with E-state index < -0.39 is 10.0 Å². The van der Waals surface area contributed by atoms with Crippen molar-refractivity contribution in [3.8, 4) is 0 Å². The average molecular weight is 374 g/mol. The van der Waals surface area contributed by atoms with Crippen molar-refractivity contribution < 1.29 is 13.2 Å². The Morgan fingerprint density at radius 3 is 2.74 bits per heavy atom. The van der Waals surface area contributed by atoms with Crippen LogP contribution in [0.4, 0.5) is 5.69 Å². The molecule has 1 aliphatic heterocycles. The Hall–Kier alpha value is -1.19. The zero-order valence-corrected chi connectivity index (χ0v) is 14.6. The molecule has 1 N–H and O–H groups in total. The van der Waals surface area contributed by atoms with Gasteiger partial charge in [0.1, 0.15) is 4.90 Å². The minimum absolute atomic E-state index is 0.275. The highest BCUT2D eigenvalue weighted by Crippen LogP contribution is 2.26. The van der Waals surface area contributed by atoms with E-state index in [9.17, 15) is 8.42 Å². The Labute approximate surface area is 144 Å². The van der Waals surface area contributed by atoms with Crippen molar-refractivity contribution in [2.45, 2.75) is 11.4 Å². The highest BCUT2D eigenvalue weighted by molar-refractivity contribution is 7.89. The van der Waals surface area contributed by atoms with Crippen LogP contribution in [0.1, 0.15) is 4.88 Å². The van der Waals surface area contributed by atoms with Gasteiger partial charge in [0.15, 0.2) is 4.47 Å². The van der Waals surface area contributed by atoms with Gasteiger partial charge in [-0.05, 0) is 12.1 Å². The molecule has 1 aromatic heterocycles. The maximum Gasteiger partial charge on any atom is 0.245 e. The summed E-state index contributed by atoms with van der Waals surface area (Å²) in [4.78, 5) is 5.19. The second-order valence-electron chi connectivity index (χ2n) is 4.95. The molecule has 6 nitrogen and oxygen atoms in total. The summed E-state index contributed by atoms with van der Waals surface area (Å²) >= 11 is 7.18. The minimum Gasteiger partial charge on any atom is -0.379 e. The monoisotopic (exact) mass is 373 g/mol. The van der Waals surface area contributed by atoms with E-state index in [0.29, 0.717) is 43.0 Å². The van der Waals surface area contributed by atoms with Gasteiger partial charge >= 0.3 is 0 Å². The van der Waals surface area contributed by atoms with E-state index in [1.54, 1.807) is 30.5 Å². The summed E-state index contributed by atoms with van der Waals surface area (Å²) in [5, 5.41) is 3.16. The lowest BCUT2D eigenvalue weighted by Gasteiger charge is -2.27. The van der Waals surface area contributed by atoms with Crippen molar-refractivity contribution in [3.63, 3.8) is 0 Å². The van der Waals surface area contributed by atoms with Crippen molar-refractivity contribution in [1.29, 1.82) is 0 Å². The van der Waals surface area contributed by atoms with E-state index in [0.717, 1.165) is 4.88 Å². The summed E-state index contributed by atoms with van der Waals surface area (Å²) in [6, 6.07) is 6.91. The normalized spacial score (nSPS) is 16.4. The molecule has 0 spiro atoms. The molecular weight excluding hydrogens is 358 g/mol. The highest BCUT2D eigenvalue weighted by atomic mass is 35.5. The molecule has 0 bridgehead atoms. The van der Waals surface area contributed by atoms with Crippen molar-refractivity contribution in [1.82, 2.24) is 9.29 Å². The van der Waals surface area contributed by atoms with Gasteiger partial charge in [0.25, 0.3) is 0 Å². The Bertz CT molecular complexity index is 773. The third-order valence-electron chi connectivity index (χ3n) is 3.45. The smallest absolute Gasteiger partial charge is 0.245 e. The predicted molar refractivity (Wildman–Crippen MR) is 90.5 cm³/mol. The quantitative estimate of drug-likeness (QED) is 0.871. The summed E-state index contributed by atoms with van der Waals surface area (Å²) in [6.07, 6.45) is 1.68. The Balaban J connectivity index is 1.82. The van der Waals surface area contributed by atoms with E-state index in [4.69, 9.17) is 16.3 Å². The number of morpholine rings is 1. The van der Waals surface area contributed by atoms with Crippen LogP contribution in [0.25, 0.3) is 0 Å². The van der Waals surface area contributed by atoms with Crippen molar-refractivity contribution in [2.24, 2.45) is 0 Å². The molecular formula is C14H16ClN3O3S2. The van der Waals surface area contributed by atoms with Gasteiger partial charge in [0, 0.05) is 24.2 Å². The molecule has 0 amide bonds. The van der Waals surface area contributed by atoms with E-state index in [2.05, 4.69) is 10.3 Å². The Morgan fingerprint density at radius 2 is 2.04 bits per heavy atom. The zero-order valence-electron chi connectivity index (χ0n) is 12.2. The second kappa shape index (κ2) is 7.14. The molecule has 0 atom stereocenters. The number of nitrogens with zero attached hydrogens (tertiary/aromatic N) is 2. The number of para-hydroxylation sites is 1. The second-order valence-corrected chi connectivity index (χ2v) is 8.55. The molecule has 2 heterocycles. The SMILES string of the molecule is O=S(=O)(c1ccccc1NCc1cnc(Cl)s1)N1CCOCC1. The lowest BCUT2D eigenvalue weighted by molar-refractivity contribution is 0.0730. The third kappa shape index (κ3) is 3.84. The average Bonchev–Trinajstić information content (AvgIpc) is 2.99. The van der Waals surface area contributed by atoms with E-state index in [1.807, 2.05) is 0 Å². The number of rotatable bonds is 5.